The number of rotatable bonds is 8. The van der Waals surface area contributed by atoms with Gasteiger partial charge in [-0.3, -0.25) is 14.5 Å². The molecule has 1 aliphatic rings. The van der Waals surface area contributed by atoms with Gasteiger partial charge in [0, 0.05) is 42.1 Å². The number of carbonyl (C=O) groups is 2. The van der Waals surface area contributed by atoms with Crippen LogP contribution in [0, 0.1) is 0 Å². The molecule has 1 unspecified atom stereocenters. The quantitative estimate of drug-likeness (QED) is 0.634. The second-order valence-electron chi connectivity index (χ2n) is 7.42. The van der Waals surface area contributed by atoms with Gasteiger partial charge in [-0.15, -0.1) is 0 Å². The Balaban J connectivity index is 1.39. The fraction of sp³-hybridized carbons (Fsp3) is 0.391. The molecule has 0 radical (unpaired) electrons. The Labute approximate surface area is 181 Å². The summed E-state index contributed by atoms with van der Waals surface area (Å²) in [5.41, 5.74) is 1.90. The lowest BCUT2D eigenvalue weighted by molar-refractivity contribution is -0.121. The van der Waals surface area contributed by atoms with E-state index in [0.717, 1.165) is 24.0 Å². The number of hydrogen-bond acceptors (Lipinski definition) is 3. The van der Waals surface area contributed by atoms with Gasteiger partial charge >= 0.3 is 0 Å². The monoisotopic (exact) mass is 457 g/mol. The van der Waals surface area contributed by atoms with Gasteiger partial charge in [-0.25, -0.2) is 0 Å². The number of benzene rings is 2. The van der Waals surface area contributed by atoms with Crippen LogP contribution in [0.1, 0.15) is 41.6 Å². The van der Waals surface area contributed by atoms with Crippen LogP contribution in [0.2, 0.25) is 0 Å². The van der Waals surface area contributed by atoms with E-state index in [1.165, 1.54) is 18.4 Å². The summed E-state index contributed by atoms with van der Waals surface area (Å²) >= 11 is 3.35. The zero-order valence-corrected chi connectivity index (χ0v) is 18.2. The molecule has 0 aliphatic carbocycles. The summed E-state index contributed by atoms with van der Waals surface area (Å²) in [6, 6.07) is 18.0. The van der Waals surface area contributed by atoms with E-state index >= 15 is 0 Å². The molecule has 2 amide bonds. The first-order chi connectivity index (χ1) is 14.1. The summed E-state index contributed by atoms with van der Waals surface area (Å²) in [7, 11) is 0. The Morgan fingerprint density at radius 1 is 1.00 bits per heavy atom. The predicted octanol–water partition coefficient (Wildman–Crippen LogP) is 3.74. The van der Waals surface area contributed by atoms with Gasteiger partial charge in [0.05, 0.1) is 0 Å². The van der Waals surface area contributed by atoms with Crippen molar-refractivity contribution in [3.63, 3.8) is 0 Å². The van der Waals surface area contributed by atoms with Crippen molar-refractivity contribution in [2.75, 3.05) is 19.6 Å². The molecule has 1 atom stereocenters. The molecule has 1 fully saturated rings. The van der Waals surface area contributed by atoms with Crippen molar-refractivity contribution >= 4 is 27.7 Å². The van der Waals surface area contributed by atoms with Gasteiger partial charge in [0.25, 0.3) is 5.91 Å². The highest BCUT2D eigenvalue weighted by atomic mass is 79.9. The minimum atomic E-state index is -0.161. The molecule has 0 aromatic heterocycles. The topological polar surface area (TPSA) is 61.4 Å². The van der Waals surface area contributed by atoms with Gasteiger partial charge in [-0.05, 0) is 49.2 Å². The number of piperidine rings is 1. The van der Waals surface area contributed by atoms with Gasteiger partial charge < -0.3 is 10.6 Å². The first-order valence-corrected chi connectivity index (χ1v) is 11.0. The van der Waals surface area contributed by atoms with Crippen molar-refractivity contribution < 1.29 is 9.59 Å². The molecule has 1 heterocycles. The maximum absolute atomic E-state index is 12.2. The van der Waals surface area contributed by atoms with Gasteiger partial charge in [0.1, 0.15) is 0 Å². The highest BCUT2D eigenvalue weighted by Gasteiger charge is 2.22. The number of halogens is 1. The molecule has 0 bridgehead atoms. The largest absolute Gasteiger partial charge is 0.354 e. The Kier molecular flexibility index (Phi) is 8.25. The lowest BCUT2D eigenvalue weighted by Gasteiger charge is -2.36. The minimum absolute atomic E-state index is 0.0219. The van der Waals surface area contributed by atoms with Gasteiger partial charge in [-0.2, -0.15) is 0 Å². The number of likely N-dealkylation sites (tertiary alicyclic amines) is 1. The Morgan fingerprint density at radius 2 is 1.76 bits per heavy atom. The van der Waals surface area contributed by atoms with Gasteiger partial charge in [0.15, 0.2) is 0 Å². The first-order valence-electron chi connectivity index (χ1n) is 10.2. The molecule has 1 aliphatic heterocycles. The molecule has 6 heteroatoms. The van der Waals surface area contributed by atoms with Crippen LogP contribution >= 0.6 is 15.9 Å². The van der Waals surface area contributed by atoms with Crippen LogP contribution in [0.25, 0.3) is 0 Å². The van der Waals surface area contributed by atoms with E-state index in [-0.39, 0.29) is 18.2 Å². The zero-order chi connectivity index (χ0) is 20.5. The van der Waals surface area contributed by atoms with Crippen molar-refractivity contribution in [2.45, 2.75) is 38.3 Å². The van der Waals surface area contributed by atoms with E-state index in [9.17, 15) is 9.59 Å². The fourth-order valence-corrected chi connectivity index (χ4v) is 3.89. The predicted molar refractivity (Wildman–Crippen MR) is 119 cm³/mol. The van der Waals surface area contributed by atoms with Crippen LogP contribution in [0.15, 0.2) is 59.1 Å². The van der Waals surface area contributed by atoms with Gasteiger partial charge in [-0.1, -0.05) is 52.7 Å². The summed E-state index contributed by atoms with van der Waals surface area (Å²) in [5, 5.41) is 5.85. The second kappa shape index (κ2) is 11.1. The number of carbonyl (C=O) groups excluding carboxylic acids is 2. The third-order valence-corrected chi connectivity index (χ3v) is 5.79. The average molecular weight is 458 g/mol. The van der Waals surface area contributed by atoms with E-state index in [2.05, 4.69) is 55.7 Å². The van der Waals surface area contributed by atoms with Crippen LogP contribution < -0.4 is 10.6 Å². The van der Waals surface area contributed by atoms with Crippen molar-refractivity contribution in [1.29, 1.82) is 0 Å². The lowest BCUT2D eigenvalue weighted by Crippen LogP contribution is -2.46. The van der Waals surface area contributed by atoms with Crippen molar-refractivity contribution in [3.05, 3.63) is 70.2 Å². The van der Waals surface area contributed by atoms with Crippen molar-refractivity contribution in [1.82, 2.24) is 15.5 Å². The van der Waals surface area contributed by atoms with Crippen molar-refractivity contribution in [3.8, 4) is 0 Å². The standard InChI is InChI=1S/C23H28BrN3O2/c24-20-11-9-19(10-12-20)23(29)25-14-13-22(28)26-16-21-8-4-5-15-27(21)17-18-6-2-1-3-7-18/h1-3,6-7,9-12,21H,4-5,8,13-17H2,(H,25,29)(H,26,28). The molecule has 154 valence electrons. The second-order valence-corrected chi connectivity index (χ2v) is 8.34. The Bertz CT molecular complexity index is 796. The third kappa shape index (κ3) is 6.98. The number of nitrogens with one attached hydrogen (secondary N) is 2. The number of hydrogen-bond donors (Lipinski definition) is 2. The molecule has 0 spiro atoms. The van der Waals surface area contributed by atoms with Crippen LogP contribution in [-0.2, 0) is 11.3 Å². The SMILES string of the molecule is O=C(CCNC(=O)c1ccc(Br)cc1)NCC1CCCCN1Cc1ccccc1. The first kappa shape index (κ1) is 21.5. The Hall–Kier alpha value is -2.18. The molecule has 29 heavy (non-hydrogen) atoms. The minimum Gasteiger partial charge on any atom is -0.354 e. The van der Waals surface area contributed by atoms with Crippen LogP contribution in [0.3, 0.4) is 0 Å². The molecule has 3 rings (SSSR count). The molecule has 0 saturated carbocycles. The van der Waals surface area contributed by atoms with Crippen LogP contribution in [0.5, 0.6) is 0 Å². The lowest BCUT2D eigenvalue weighted by atomic mass is 10.0. The summed E-state index contributed by atoms with van der Waals surface area (Å²) in [5.74, 6) is -0.182. The molecule has 2 aromatic rings. The zero-order valence-electron chi connectivity index (χ0n) is 16.6. The third-order valence-electron chi connectivity index (χ3n) is 5.26. The average Bonchev–Trinajstić information content (AvgIpc) is 2.74. The van der Waals surface area contributed by atoms with E-state index in [4.69, 9.17) is 0 Å². The van der Waals surface area contributed by atoms with E-state index < -0.39 is 0 Å². The van der Waals surface area contributed by atoms with Crippen LogP contribution in [-0.4, -0.2) is 42.4 Å². The van der Waals surface area contributed by atoms with E-state index in [0.29, 0.717) is 24.7 Å². The van der Waals surface area contributed by atoms with E-state index in [1.54, 1.807) is 12.1 Å². The molecule has 2 aromatic carbocycles. The van der Waals surface area contributed by atoms with Crippen LogP contribution in [0.4, 0.5) is 0 Å². The number of nitrogens with zero attached hydrogens (tertiary/aromatic N) is 1. The van der Waals surface area contributed by atoms with Crippen molar-refractivity contribution in [2.24, 2.45) is 0 Å². The summed E-state index contributed by atoms with van der Waals surface area (Å²) < 4.78 is 0.928. The summed E-state index contributed by atoms with van der Waals surface area (Å²) in [6.45, 7) is 2.98. The van der Waals surface area contributed by atoms with Gasteiger partial charge in [0.2, 0.25) is 5.91 Å². The highest BCUT2D eigenvalue weighted by molar-refractivity contribution is 9.10. The maximum atomic E-state index is 12.2. The highest BCUT2D eigenvalue weighted by Crippen LogP contribution is 2.19. The molecular weight excluding hydrogens is 430 g/mol. The fourth-order valence-electron chi connectivity index (χ4n) is 3.63. The normalized spacial score (nSPS) is 16.9. The molecule has 1 saturated heterocycles. The molecular formula is C23H28BrN3O2. The molecule has 2 N–H and O–H groups in total. The summed E-state index contributed by atoms with van der Waals surface area (Å²) in [6.07, 6.45) is 3.80. The maximum Gasteiger partial charge on any atom is 0.251 e. The number of amides is 2. The van der Waals surface area contributed by atoms with E-state index in [1.807, 2.05) is 18.2 Å². The molecule has 5 nitrogen and oxygen atoms in total. The smallest absolute Gasteiger partial charge is 0.251 e. The Morgan fingerprint density at radius 3 is 2.52 bits per heavy atom. The summed E-state index contributed by atoms with van der Waals surface area (Å²) in [4.78, 5) is 26.8.